The summed E-state index contributed by atoms with van der Waals surface area (Å²) in [5, 5.41) is 9.37. The van der Waals surface area contributed by atoms with Gasteiger partial charge in [0, 0.05) is 37.6 Å². The molecule has 4 nitrogen and oxygen atoms in total. The van der Waals surface area contributed by atoms with E-state index < -0.39 is 0 Å². The van der Waals surface area contributed by atoms with E-state index in [0.29, 0.717) is 12.6 Å². The zero-order valence-corrected chi connectivity index (χ0v) is 11.5. The van der Waals surface area contributed by atoms with E-state index in [1.54, 1.807) is 0 Å². The summed E-state index contributed by atoms with van der Waals surface area (Å²) in [6.45, 7) is 5.75. The Hall–Kier alpha value is -0.610. The fourth-order valence-corrected chi connectivity index (χ4v) is 2.69. The Morgan fingerprint density at radius 2 is 1.94 bits per heavy atom. The Kier molecular flexibility index (Phi) is 5.40. The molecule has 2 atom stereocenters. The minimum atomic E-state index is 0.148. The maximum Gasteiger partial charge on any atom is 0.225 e. The van der Waals surface area contributed by atoms with E-state index in [1.807, 2.05) is 19.0 Å². The van der Waals surface area contributed by atoms with Crippen LogP contribution in [0.2, 0.25) is 0 Å². The molecule has 0 aromatic heterocycles. The number of rotatable bonds is 5. The molecule has 0 bridgehead atoms. The molecule has 0 spiro atoms. The van der Waals surface area contributed by atoms with Gasteiger partial charge in [-0.15, -0.1) is 0 Å². The predicted molar refractivity (Wildman–Crippen MR) is 68.7 cm³/mol. The van der Waals surface area contributed by atoms with E-state index in [4.69, 9.17) is 0 Å². The maximum atomic E-state index is 12.3. The molecular weight excluding hydrogens is 216 g/mol. The van der Waals surface area contributed by atoms with Crippen LogP contribution in [0.25, 0.3) is 0 Å². The van der Waals surface area contributed by atoms with Gasteiger partial charge in [0.1, 0.15) is 0 Å². The molecule has 1 aliphatic heterocycles. The van der Waals surface area contributed by atoms with Crippen molar-refractivity contribution < 1.29 is 9.90 Å². The molecule has 1 saturated heterocycles. The number of aliphatic hydroxyl groups excluding tert-OH is 1. The third-order valence-electron chi connectivity index (χ3n) is 3.95. The van der Waals surface area contributed by atoms with E-state index in [0.717, 1.165) is 19.4 Å². The number of nitrogens with zero attached hydrogens (tertiary/aromatic N) is 2. The van der Waals surface area contributed by atoms with Crippen LogP contribution in [0, 0.1) is 11.8 Å². The van der Waals surface area contributed by atoms with Crippen LogP contribution in [0.4, 0.5) is 0 Å². The summed E-state index contributed by atoms with van der Waals surface area (Å²) < 4.78 is 0. The third kappa shape index (κ3) is 3.19. The summed E-state index contributed by atoms with van der Waals surface area (Å²) in [7, 11) is 4.02. The minimum Gasteiger partial charge on any atom is -0.396 e. The van der Waals surface area contributed by atoms with Gasteiger partial charge in [-0.1, -0.05) is 13.8 Å². The Morgan fingerprint density at radius 3 is 2.29 bits per heavy atom. The predicted octanol–water partition coefficient (Wildman–Crippen LogP) is 0.803. The van der Waals surface area contributed by atoms with Gasteiger partial charge in [-0.2, -0.15) is 0 Å². The molecule has 4 heteroatoms. The number of hydrogen-bond acceptors (Lipinski definition) is 3. The summed E-state index contributed by atoms with van der Waals surface area (Å²) >= 11 is 0. The van der Waals surface area contributed by atoms with Crippen molar-refractivity contribution in [2.45, 2.75) is 32.7 Å². The molecule has 0 aromatic rings. The molecule has 0 unspecified atom stereocenters. The number of likely N-dealkylation sites (tertiary alicyclic amines) is 1. The van der Waals surface area contributed by atoms with Crippen LogP contribution in [0.3, 0.4) is 0 Å². The average molecular weight is 242 g/mol. The zero-order valence-electron chi connectivity index (χ0n) is 11.5. The molecule has 1 heterocycles. The first-order valence-corrected chi connectivity index (χ1v) is 6.61. The lowest BCUT2D eigenvalue weighted by molar-refractivity contribution is -0.135. The first-order chi connectivity index (χ1) is 8.04. The lowest BCUT2D eigenvalue weighted by Crippen LogP contribution is -2.38. The lowest BCUT2D eigenvalue weighted by atomic mass is 10.0. The van der Waals surface area contributed by atoms with E-state index in [1.165, 1.54) is 0 Å². The van der Waals surface area contributed by atoms with Gasteiger partial charge < -0.3 is 14.9 Å². The fourth-order valence-electron chi connectivity index (χ4n) is 2.69. The Bertz CT molecular complexity index is 252. The van der Waals surface area contributed by atoms with Crippen molar-refractivity contribution in [3.05, 3.63) is 0 Å². The SMILES string of the molecule is CCC(CC)C(=O)N1C[C@@H](CO)[C@H](N(C)C)C1. The van der Waals surface area contributed by atoms with Gasteiger partial charge in [0.05, 0.1) is 0 Å². The van der Waals surface area contributed by atoms with Crippen molar-refractivity contribution in [2.75, 3.05) is 33.8 Å². The van der Waals surface area contributed by atoms with Gasteiger partial charge in [0.15, 0.2) is 0 Å². The fraction of sp³-hybridized carbons (Fsp3) is 0.923. The van der Waals surface area contributed by atoms with Gasteiger partial charge in [-0.3, -0.25) is 4.79 Å². The second-order valence-electron chi connectivity index (χ2n) is 5.23. The smallest absolute Gasteiger partial charge is 0.225 e. The van der Waals surface area contributed by atoms with Crippen LogP contribution >= 0.6 is 0 Å². The number of likely N-dealkylation sites (N-methyl/N-ethyl adjacent to an activating group) is 1. The van der Waals surface area contributed by atoms with Crippen LogP contribution in [0.1, 0.15) is 26.7 Å². The van der Waals surface area contributed by atoms with Crippen LogP contribution in [-0.2, 0) is 4.79 Å². The quantitative estimate of drug-likeness (QED) is 0.775. The van der Waals surface area contributed by atoms with Crippen LogP contribution in [0.15, 0.2) is 0 Å². The highest BCUT2D eigenvalue weighted by atomic mass is 16.3. The van der Waals surface area contributed by atoms with E-state index in [2.05, 4.69) is 18.7 Å². The molecule has 1 fully saturated rings. The van der Waals surface area contributed by atoms with Gasteiger partial charge in [0.2, 0.25) is 5.91 Å². The minimum absolute atomic E-state index is 0.148. The summed E-state index contributed by atoms with van der Waals surface area (Å²) in [4.78, 5) is 16.3. The number of carbonyl (C=O) groups is 1. The molecule has 1 N–H and O–H groups in total. The van der Waals surface area contributed by atoms with Crippen LogP contribution in [-0.4, -0.2) is 60.6 Å². The standard InChI is InChI=1S/C13H26N2O2/c1-5-10(6-2)13(17)15-7-11(9-16)12(8-15)14(3)4/h10-12,16H,5-9H2,1-4H3/t11-,12+/m0/s1. The highest BCUT2D eigenvalue weighted by molar-refractivity contribution is 5.79. The topological polar surface area (TPSA) is 43.8 Å². The molecule has 17 heavy (non-hydrogen) atoms. The normalized spacial score (nSPS) is 25.0. The van der Waals surface area contributed by atoms with E-state index >= 15 is 0 Å². The highest BCUT2D eigenvalue weighted by Gasteiger charge is 2.37. The van der Waals surface area contributed by atoms with Crippen molar-refractivity contribution in [3.8, 4) is 0 Å². The molecule has 0 saturated carbocycles. The molecule has 0 aliphatic carbocycles. The number of hydrogen-bond donors (Lipinski definition) is 1. The average Bonchev–Trinajstić information content (AvgIpc) is 2.74. The molecule has 100 valence electrons. The molecule has 1 aliphatic rings. The Balaban J connectivity index is 2.66. The van der Waals surface area contributed by atoms with Crippen molar-refractivity contribution in [1.82, 2.24) is 9.80 Å². The monoisotopic (exact) mass is 242 g/mol. The highest BCUT2D eigenvalue weighted by Crippen LogP contribution is 2.23. The maximum absolute atomic E-state index is 12.3. The van der Waals surface area contributed by atoms with Gasteiger partial charge >= 0.3 is 0 Å². The van der Waals surface area contributed by atoms with Crippen molar-refractivity contribution in [1.29, 1.82) is 0 Å². The molecule has 0 aromatic carbocycles. The van der Waals surface area contributed by atoms with Crippen LogP contribution < -0.4 is 0 Å². The van der Waals surface area contributed by atoms with Gasteiger partial charge in [-0.05, 0) is 26.9 Å². The Labute approximate surface area is 105 Å². The zero-order chi connectivity index (χ0) is 13.0. The Morgan fingerprint density at radius 1 is 1.35 bits per heavy atom. The molecule has 1 amide bonds. The second-order valence-corrected chi connectivity index (χ2v) is 5.23. The van der Waals surface area contributed by atoms with Crippen LogP contribution in [0.5, 0.6) is 0 Å². The largest absolute Gasteiger partial charge is 0.396 e. The van der Waals surface area contributed by atoms with Gasteiger partial charge in [-0.25, -0.2) is 0 Å². The first kappa shape index (κ1) is 14.5. The van der Waals surface area contributed by atoms with Crippen molar-refractivity contribution >= 4 is 5.91 Å². The summed E-state index contributed by atoms with van der Waals surface area (Å²) in [6.07, 6.45) is 1.81. The van der Waals surface area contributed by atoms with E-state index in [9.17, 15) is 9.90 Å². The lowest BCUT2D eigenvalue weighted by Gasteiger charge is -2.24. The molecule has 1 rings (SSSR count). The third-order valence-corrected chi connectivity index (χ3v) is 3.95. The molecule has 0 radical (unpaired) electrons. The van der Waals surface area contributed by atoms with Crippen molar-refractivity contribution in [3.63, 3.8) is 0 Å². The summed E-state index contributed by atoms with van der Waals surface area (Å²) in [5.74, 6) is 0.608. The molecular formula is C13H26N2O2. The van der Waals surface area contributed by atoms with Gasteiger partial charge in [0.25, 0.3) is 0 Å². The van der Waals surface area contributed by atoms with E-state index in [-0.39, 0.29) is 24.3 Å². The summed E-state index contributed by atoms with van der Waals surface area (Å²) in [6, 6.07) is 0.290. The summed E-state index contributed by atoms with van der Waals surface area (Å²) in [5.41, 5.74) is 0. The number of amides is 1. The van der Waals surface area contributed by atoms with Crippen molar-refractivity contribution in [2.24, 2.45) is 11.8 Å². The first-order valence-electron chi connectivity index (χ1n) is 6.61. The number of aliphatic hydroxyl groups is 1. The second kappa shape index (κ2) is 6.36. The number of carbonyl (C=O) groups excluding carboxylic acids is 1.